The fourth-order valence-electron chi connectivity index (χ4n) is 3.23. The molecule has 182 valence electrons. The number of alkyl halides is 3. The van der Waals surface area contributed by atoms with E-state index in [2.05, 4.69) is 9.97 Å². The number of aromatic nitrogens is 2. The van der Waals surface area contributed by atoms with Gasteiger partial charge in [0.15, 0.2) is 0 Å². The van der Waals surface area contributed by atoms with E-state index in [1.807, 2.05) is 0 Å². The number of amides is 2. The third-order valence-electron chi connectivity index (χ3n) is 5.07. The Hall–Kier alpha value is -3.63. The van der Waals surface area contributed by atoms with E-state index in [0.29, 0.717) is 31.1 Å². The maximum atomic E-state index is 12.6. The van der Waals surface area contributed by atoms with Gasteiger partial charge >= 0.3 is 6.18 Å². The fourth-order valence-corrected chi connectivity index (χ4v) is 3.23. The van der Waals surface area contributed by atoms with Gasteiger partial charge in [0, 0.05) is 25.5 Å². The van der Waals surface area contributed by atoms with E-state index in [1.165, 1.54) is 18.2 Å². The van der Waals surface area contributed by atoms with Gasteiger partial charge < -0.3 is 20.1 Å². The summed E-state index contributed by atoms with van der Waals surface area (Å²) in [6, 6.07) is 5.78. The van der Waals surface area contributed by atoms with Crippen LogP contribution in [-0.4, -0.2) is 53.0 Å². The first-order valence-electron chi connectivity index (χ1n) is 10.7. The van der Waals surface area contributed by atoms with Crippen LogP contribution in [0.3, 0.4) is 0 Å². The van der Waals surface area contributed by atoms with Gasteiger partial charge in [0.1, 0.15) is 30.5 Å². The number of hydrogen-bond donors (Lipinski definition) is 1. The molecular weight excluding hydrogens is 453 g/mol. The minimum absolute atomic E-state index is 0.00399. The first kappa shape index (κ1) is 25.0. The van der Waals surface area contributed by atoms with Gasteiger partial charge in [0.25, 0.3) is 5.91 Å². The molecule has 1 aromatic carbocycles. The Kier molecular flexibility index (Phi) is 8.08. The number of nitrogens with zero attached hydrogens (tertiary/aromatic N) is 3. The van der Waals surface area contributed by atoms with Crippen molar-refractivity contribution in [2.45, 2.75) is 32.4 Å². The predicted molar refractivity (Wildman–Crippen MR) is 116 cm³/mol. The molecule has 11 heteroatoms. The van der Waals surface area contributed by atoms with E-state index in [0.717, 1.165) is 24.1 Å². The molecule has 0 aliphatic carbocycles. The molecule has 1 saturated heterocycles. The molecule has 2 aromatic rings. The van der Waals surface area contributed by atoms with Gasteiger partial charge in [0.2, 0.25) is 11.8 Å². The van der Waals surface area contributed by atoms with Gasteiger partial charge in [0.05, 0.1) is 12.1 Å². The van der Waals surface area contributed by atoms with Crippen LogP contribution in [0.4, 0.5) is 13.2 Å². The summed E-state index contributed by atoms with van der Waals surface area (Å²) in [5.74, 6) is 0.147. The van der Waals surface area contributed by atoms with Crippen LogP contribution in [-0.2, 0) is 17.4 Å². The molecule has 2 N–H and O–H groups in total. The zero-order valence-electron chi connectivity index (χ0n) is 18.6. The lowest BCUT2D eigenvalue weighted by Crippen LogP contribution is -2.29. The van der Waals surface area contributed by atoms with E-state index >= 15 is 0 Å². The van der Waals surface area contributed by atoms with Crippen LogP contribution in [0.1, 0.15) is 41.6 Å². The van der Waals surface area contributed by atoms with Crippen molar-refractivity contribution in [3.8, 4) is 11.6 Å². The van der Waals surface area contributed by atoms with Gasteiger partial charge in [-0.1, -0.05) is 6.08 Å². The summed E-state index contributed by atoms with van der Waals surface area (Å²) in [7, 11) is 0. The van der Waals surface area contributed by atoms with Gasteiger partial charge in [-0.2, -0.15) is 18.2 Å². The molecule has 0 spiro atoms. The minimum Gasteiger partial charge on any atom is -0.489 e. The highest BCUT2D eigenvalue weighted by atomic mass is 19.4. The predicted octanol–water partition coefficient (Wildman–Crippen LogP) is 3.16. The van der Waals surface area contributed by atoms with Crippen LogP contribution in [0.15, 0.2) is 42.0 Å². The van der Waals surface area contributed by atoms with Gasteiger partial charge in [-0.25, -0.2) is 4.98 Å². The SMILES string of the molecule is CC(=CCc1nc(OCCN2CCCC2=O)cc(C(N)=O)n1)COc1ccc(C(F)(F)F)cc1. The second kappa shape index (κ2) is 11.0. The molecule has 1 fully saturated rings. The minimum atomic E-state index is -4.40. The monoisotopic (exact) mass is 478 g/mol. The van der Waals surface area contributed by atoms with Crippen molar-refractivity contribution < 1.29 is 32.2 Å². The van der Waals surface area contributed by atoms with E-state index in [9.17, 15) is 22.8 Å². The first-order valence-corrected chi connectivity index (χ1v) is 10.7. The zero-order chi connectivity index (χ0) is 24.7. The van der Waals surface area contributed by atoms with E-state index in [-0.39, 0.29) is 37.1 Å². The number of ether oxygens (including phenoxy) is 2. The molecule has 1 aromatic heterocycles. The molecule has 0 saturated carbocycles. The molecule has 1 aliphatic heterocycles. The van der Waals surface area contributed by atoms with Crippen molar-refractivity contribution in [2.75, 3.05) is 26.3 Å². The summed E-state index contributed by atoms with van der Waals surface area (Å²) in [4.78, 5) is 33.4. The Labute approximate surface area is 194 Å². The number of rotatable bonds is 10. The lowest BCUT2D eigenvalue weighted by molar-refractivity contribution is -0.137. The molecule has 2 amide bonds. The van der Waals surface area contributed by atoms with Gasteiger partial charge in [-0.05, 0) is 43.2 Å². The summed E-state index contributed by atoms with van der Waals surface area (Å²) in [6.07, 6.45) is -1.00. The van der Waals surface area contributed by atoms with Crippen LogP contribution < -0.4 is 15.2 Å². The van der Waals surface area contributed by atoms with Crippen molar-refractivity contribution in [1.82, 2.24) is 14.9 Å². The molecular formula is C23H25F3N4O4. The highest BCUT2D eigenvalue weighted by Gasteiger charge is 2.30. The topological polar surface area (TPSA) is 108 Å². The third-order valence-corrected chi connectivity index (χ3v) is 5.07. The third kappa shape index (κ3) is 7.19. The molecule has 0 unspecified atom stereocenters. The number of hydrogen-bond acceptors (Lipinski definition) is 6. The highest BCUT2D eigenvalue weighted by Crippen LogP contribution is 2.30. The number of carbonyl (C=O) groups is 2. The maximum Gasteiger partial charge on any atom is 0.416 e. The molecule has 0 bridgehead atoms. The lowest BCUT2D eigenvalue weighted by Gasteiger charge is -2.15. The first-order chi connectivity index (χ1) is 16.1. The Morgan fingerprint density at radius 2 is 1.94 bits per heavy atom. The molecule has 3 rings (SSSR count). The van der Waals surface area contributed by atoms with Crippen LogP contribution >= 0.6 is 0 Å². The summed E-state index contributed by atoms with van der Waals surface area (Å²) >= 11 is 0. The summed E-state index contributed by atoms with van der Waals surface area (Å²) in [5.41, 5.74) is 5.40. The Bertz CT molecular complexity index is 1060. The van der Waals surface area contributed by atoms with Crippen LogP contribution in [0.2, 0.25) is 0 Å². The van der Waals surface area contributed by atoms with Crippen LogP contribution in [0, 0.1) is 0 Å². The number of benzene rings is 1. The van der Waals surface area contributed by atoms with Crippen molar-refractivity contribution in [2.24, 2.45) is 5.73 Å². The standard InChI is InChI=1S/C23H25F3N4O4/c1-15(14-34-17-7-5-16(6-8-17)23(24,25)26)4-9-19-28-18(22(27)32)13-20(29-19)33-12-11-30-10-2-3-21(30)31/h4-8,13H,2-3,9-12,14H2,1H3,(H2,27,32). The second-order valence-corrected chi connectivity index (χ2v) is 7.77. The quantitative estimate of drug-likeness (QED) is 0.526. The number of nitrogens with two attached hydrogens (primary N) is 1. The normalized spacial score (nSPS) is 14.4. The second-order valence-electron chi connectivity index (χ2n) is 7.77. The van der Waals surface area contributed by atoms with Gasteiger partial charge in [-0.3, -0.25) is 9.59 Å². The van der Waals surface area contributed by atoms with E-state index < -0.39 is 17.6 Å². The van der Waals surface area contributed by atoms with Crippen molar-refractivity contribution in [3.63, 3.8) is 0 Å². The Balaban J connectivity index is 1.57. The average molecular weight is 478 g/mol. The highest BCUT2D eigenvalue weighted by molar-refractivity contribution is 5.91. The van der Waals surface area contributed by atoms with Crippen LogP contribution in [0.5, 0.6) is 11.6 Å². The summed E-state index contributed by atoms with van der Waals surface area (Å²) in [6.45, 7) is 3.27. The van der Waals surface area contributed by atoms with Crippen molar-refractivity contribution >= 4 is 11.8 Å². The molecule has 34 heavy (non-hydrogen) atoms. The average Bonchev–Trinajstić information content (AvgIpc) is 3.20. The zero-order valence-corrected chi connectivity index (χ0v) is 18.6. The Morgan fingerprint density at radius 3 is 2.56 bits per heavy atom. The number of primary amides is 1. The van der Waals surface area contributed by atoms with Crippen molar-refractivity contribution in [1.29, 1.82) is 0 Å². The molecule has 8 nitrogen and oxygen atoms in total. The van der Waals surface area contributed by atoms with E-state index in [4.69, 9.17) is 15.2 Å². The molecule has 2 heterocycles. The lowest BCUT2D eigenvalue weighted by atomic mass is 10.2. The number of allylic oxidation sites excluding steroid dienone is 1. The van der Waals surface area contributed by atoms with Crippen molar-refractivity contribution in [3.05, 3.63) is 59.1 Å². The van der Waals surface area contributed by atoms with Gasteiger partial charge in [-0.15, -0.1) is 0 Å². The summed E-state index contributed by atoms with van der Waals surface area (Å²) < 4.78 is 49.1. The smallest absolute Gasteiger partial charge is 0.416 e. The fraction of sp³-hybridized carbons (Fsp3) is 0.391. The summed E-state index contributed by atoms with van der Waals surface area (Å²) in [5, 5.41) is 0. The van der Waals surface area contributed by atoms with E-state index in [1.54, 1.807) is 17.9 Å². The number of likely N-dealkylation sites (tertiary alicyclic amines) is 1. The maximum absolute atomic E-state index is 12.6. The molecule has 1 aliphatic rings. The largest absolute Gasteiger partial charge is 0.489 e. The molecule has 0 atom stereocenters. The Morgan fingerprint density at radius 1 is 1.21 bits per heavy atom. The number of halogens is 3. The molecule has 0 radical (unpaired) electrons. The van der Waals surface area contributed by atoms with Crippen LogP contribution in [0.25, 0.3) is 0 Å². The number of carbonyl (C=O) groups excluding carboxylic acids is 2.